The molecule has 2 fully saturated rings. The van der Waals surface area contributed by atoms with Crippen molar-refractivity contribution in [1.29, 1.82) is 5.53 Å². The summed E-state index contributed by atoms with van der Waals surface area (Å²) in [5, 5.41) is 17.3. The second-order valence-electron chi connectivity index (χ2n) is 12.0. The fraction of sp³-hybridized carbons (Fsp3) is 0.457. The fourth-order valence-corrected chi connectivity index (χ4v) is 5.78. The van der Waals surface area contributed by atoms with Crippen molar-refractivity contribution in [3.63, 3.8) is 0 Å². The molecule has 5 rings (SSSR count). The molecule has 3 heterocycles. The third kappa shape index (κ3) is 11.0. The van der Waals surface area contributed by atoms with E-state index in [4.69, 9.17) is 25.0 Å². The van der Waals surface area contributed by atoms with Crippen LogP contribution in [0.3, 0.4) is 0 Å². The summed E-state index contributed by atoms with van der Waals surface area (Å²) in [5.41, 5.74) is 11.1. The predicted molar refractivity (Wildman–Crippen MR) is 187 cm³/mol. The van der Waals surface area contributed by atoms with Gasteiger partial charge in [0.1, 0.15) is 11.6 Å². The lowest BCUT2D eigenvalue weighted by Crippen LogP contribution is -2.39. The zero-order chi connectivity index (χ0) is 33.4. The number of nitrogens with one attached hydrogen (secondary N) is 5. The third-order valence-electron chi connectivity index (χ3n) is 8.43. The second kappa shape index (κ2) is 18.7. The number of ether oxygens (including phenoxy) is 2. The number of likely N-dealkylation sites (tertiary alicyclic amines) is 1. The van der Waals surface area contributed by atoms with Gasteiger partial charge in [-0.05, 0) is 49.1 Å². The summed E-state index contributed by atoms with van der Waals surface area (Å²) in [5.74, 6) is 1.82. The number of methoxy groups -OCH3 is 1. The van der Waals surface area contributed by atoms with E-state index < -0.39 is 0 Å². The van der Waals surface area contributed by atoms with Gasteiger partial charge in [0.15, 0.2) is 0 Å². The molecule has 0 atom stereocenters. The Hall–Kier alpha value is -4.59. The highest BCUT2D eigenvalue weighted by Gasteiger charge is 2.21. The van der Waals surface area contributed by atoms with Crippen molar-refractivity contribution < 1.29 is 14.3 Å². The van der Waals surface area contributed by atoms with Crippen LogP contribution in [0.4, 0.5) is 17.6 Å². The molecule has 1 aromatic heterocycles. The molecule has 2 aliphatic heterocycles. The lowest BCUT2D eigenvalue weighted by molar-refractivity contribution is 0.0600. The number of anilines is 3. The molecule has 0 unspecified atom stereocenters. The molecular formula is C35H48N10O3. The van der Waals surface area contributed by atoms with Crippen LogP contribution in [0.5, 0.6) is 0 Å². The molecule has 0 bridgehead atoms. The number of piperidine rings is 1. The zero-order valence-electron chi connectivity index (χ0n) is 27.8. The molecule has 0 radical (unpaired) electrons. The molecule has 0 aliphatic carbocycles. The Kier molecular flexibility index (Phi) is 13.5. The lowest BCUT2D eigenvalue weighted by atomic mass is 10.0. The van der Waals surface area contributed by atoms with Crippen LogP contribution in [-0.4, -0.2) is 93.0 Å². The Morgan fingerprint density at radius 1 is 1.02 bits per heavy atom. The molecule has 5 N–H and O–H groups in total. The van der Waals surface area contributed by atoms with Gasteiger partial charge in [0.2, 0.25) is 5.95 Å². The van der Waals surface area contributed by atoms with E-state index in [2.05, 4.69) is 66.5 Å². The first-order valence-corrected chi connectivity index (χ1v) is 16.8. The number of aromatic nitrogens is 2. The van der Waals surface area contributed by atoms with Crippen molar-refractivity contribution >= 4 is 23.6 Å². The number of hydrogen-bond donors (Lipinski definition) is 5. The minimum atomic E-state index is -0.336. The Morgan fingerprint density at radius 3 is 2.58 bits per heavy atom. The summed E-state index contributed by atoms with van der Waals surface area (Å²) in [6.45, 7) is 8.42. The molecule has 2 aromatic carbocycles. The minimum absolute atomic E-state index is 0.315. The molecule has 13 nitrogen and oxygen atoms in total. The van der Waals surface area contributed by atoms with Gasteiger partial charge in [0.25, 0.3) is 0 Å². The standard InChI is InChI=1S/C35H48N10O3/c1-47-34(46)29-10-5-9-28(21-29)23-37-13-6-14-38-24-31(43-36)25-39-35-41-32(22-33(42-35)45-17-19-48-20-18-45)40-30-11-15-44(16-12-30)26-27-7-3-2-4-8-27/h2-5,7-10,21-22,24,30,36-38H,6,11-20,23,25-26H2,1H3,(H2,39,40,41,42)/b31-24-,43-36?. The van der Waals surface area contributed by atoms with Crippen molar-refractivity contribution in [1.82, 2.24) is 25.5 Å². The number of hydrogen-bond acceptors (Lipinski definition) is 13. The molecule has 48 heavy (non-hydrogen) atoms. The van der Waals surface area contributed by atoms with Crippen molar-refractivity contribution in [3.8, 4) is 0 Å². The maximum atomic E-state index is 11.7. The number of nitrogens with zero attached hydrogens (tertiary/aromatic N) is 5. The van der Waals surface area contributed by atoms with Gasteiger partial charge in [-0.3, -0.25) is 4.90 Å². The van der Waals surface area contributed by atoms with Crippen molar-refractivity contribution in [2.45, 2.75) is 38.4 Å². The van der Waals surface area contributed by atoms with Gasteiger partial charge in [0, 0.05) is 64.1 Å². The molecule has 0 spiro atoms. The quantitative estimate of drug-likeness (QED) is 0.0807. The Morgan fingerprint density at radius 2 is 1.81 bits per heavy atom. The van der Waals surface area contributed by atoms with E-state index in [1.54, 1.807) is 12.3 Å². The van der Waals surface area contributed by atoms with E-state index in [0.717, 1.165) is 82.3 Å². The number of carbonyl (C=O) groups excluding carboxylic acids is 1. The van der Waals surface area contributed by atoms with E-state index in [1.807, 2.05) is 24.3 Å². The van der Waals surface area contributed by atoms with Gasteiger partial charge in [-0.1, -0.05) is 42.5 Å². The fourth-order valence-electron chi connectivity index (χ4n) is 5.78. The first-order chi connectivity index (χ1) is 23.6. The number of benzene rings is 2. The molecular weight excluding hydrogens is 608 g/mol. The highest BCUT2D eigenvalue weighted by atomic mass is 16.5. The molecule has 2 saturated heterocycles. The van der Waals surface area contributed by atoms with Gasteiger partial charge in [-0.25, -0.2) is 10.3 Å². The number of esters is 1. The smallest absolute Gasteiger partial charge is 0.337 e. The molecule has 3 aromatic rings. The van der Waals surface area contributed by atoms with Crippen LogP contribution in [-0.2, 0) is 22.6 Å². The van der Waals surface area contributed by atoms with Gasteiger partial charge in [-0.15, -0.1) is 0 Å². The van der Waals surface area contributed by atoms with Crippen LogP contribution >= 0.6 is 0 Å². The van der Waals surface area contributed by atoms with E-state index >= 15 is 0 Å². The largest absolute Gasteiger partial charge is 0.465 e. The first-order valence-electron chi connectivity index (χ1n) is 16.8. The van der Waals surface area contributed by atoms with Crippen LogP contribution in [0.1, 0.15) is 40.7 Å². The minimum Gasteiger partial charge on any atom is -0.465 e. The molecule has 256 valence electrons. The maximum Gasteiger partial charge on any atom is 0.337 e. The number of rotatable bonds is 17. The third-order valence-corrected chi connectivity index (χ3v) is 8.43. The van der Waals surface area contributed by atoms with Crippen molar-refractivity contribution in [2.24, 2.45) is 5.11 Å². The molecule has 13 heteroatoms. The van der Waals surface area contributed by atoms with Crippen LogP contribution in [0.2, 0.25) is 0 Å². The summed E-state index contributed by atoms with van der Waals surface area (Å²) in [6, 6.07) is 20.4. The average Bonchev–Trinajstić information content (AvgIpc) is 3.13. The Bertz CT molecular complexity index is 1470. The molecule has 2 aliphatic rings. The summed E-state index contributed by atoms with van der Waals surface area (Å²) in [4.78, 5) is 26.1. The summed E-state index contributed by atoms with van der Waals surface area (Å²) < 4.78 is 10.4. The summed E-state index contributed by atoms with van der Waals surface area (Å²) in [6.07, 6.45) is 4.71. The van der Waals surface area contributed by atoms with E-state index in [-0.39, 0.29) is 5.97 Å². The monoisotopic (exact) mass is 656 g/mol. The van der Waals surface area contributed by atoms with Gasteiger partial charge >= 0.3 is 5.97 Å². The maximum absolute atomic E-state index is 11.7. The van der Waals surface area contributed by atoms with E-state index in [1.165, 1.54) is 12.7 Å². The van der Waals surface area contributed by atoms with Gasteiger partial charge in [0.05, 0.1) is 38.1 Å². The second-order valence-corrected chi connectivity index (χ2v) is 12.0. The van der Waals surface area contributed by atoms with Gasteiger partial charge < -0.3 is 35.6 Å². The SMILES string of the molecule is COC(=O)c1cccc(CNCCCN/C=C(/CNc2nc(NC3CCN(Cc4ccccc4)CC3)cc(N3CCOCC3)n2)N=N)c1. The van der Waals surface area contributed by atoms with Crippen molar-refractivity contribution in [2.75, 3.05) is 81.7 Å². The normalized spacial score (nSPS) is 15.9. The topological polar surface area (TPSA) is 152 Å². The van der Waals surface area contributed by atoms with Crippen molar-refractivity contribution in [3.05, 3.63) is 89.3 Å². The van der Waals surface area contributed by atoms with Crippen LogP contribution in [0.25, 0.3) is 0 Å². The lowest BCUT2D eigenvalue weighted by Gasteiger charge is -2.33. The molecule has 0 saturated carbocycles. The average molecular weight is 657 g/mol. The summed E-state index contributed by atoms with van der Waals surface area (Å²) >= 11 is 0. The molecule has 0 amide bonds. The Balaban J connectivity index is 1.09. The number of carbonyl (C=O) groups is 1. The number of morpholine rings is 1. The predicted octanol–water partition coefficient (Wildman–Crippen LogP) is 4.23. The summed E-state index contributed by atoms with van der Waals surface area (Å²) in [7, 11) is 1.38. The highest BCUT2D eigenvalue weighted by molar-refractivity contribution is 5.89. The van der Waals surface area contributed by atoms with Crippen LogP contribution in [0.15, 0.2) is 77.7 Å². The van der Waals surface area contributed by atoms with E-state index in [9.17, 15) is 4.79 Å². The van der Waals surface area contributed by atoms with Crippen LogP contribution in [0, 0.1) is 5.53 Å². The first kappa shape index (κ1) is 34.7. The zero-order valence-corrected chi connectivity index (χ0v) is 27.8. The van der Waals surface area contributed by atoms with Gasteiger partial charge in [-0.2, -0.15) is 15.1 Å². The Labute approximate surface area is 283 Å². The van der Waals surface area contributed by atoms with Crippen LogP contribution < -0.4 is 26.2 Å². The van der Waals surface area contributed by atoms with E-state index in [0.29, 0.717) is 49.6 Å². The highest BCUT2D eigenvalue weighted by Crippen LogP contribution is 2.23.